The van der Waals surface area contributed by atoms with Crippen LogP contribution >= 0.6 is 0 Å². The highest BCUT2D eigenvalue weighted by atomic mass is 19.1. The molecule has 0 spiro atoms. The summed E-state index contributed by atoms with van der Waals surface area (Å²) in [7, 11) is 0. The minimum atomic E-state index is -0.678. The highest BCUT2D eigenvalue weighted by Gasteiger charge is 2.09. The van der Waals surface area contributed by atoms with Gasteiger partial charge in [0.15, 0.2) is 0 Å². The number of halogens is 2. The molecule has 6 heteroatoms. The molecule has 0 fully saturated rings. The van der Waals surface area contributed by atoms with E-state index in [4.69, 9.17) is 0 Å². The Labute approximate surface area is 138 Å². The molecule has 0 saturated heterocycles. The van der Waals surface area contributed by atoms with Crippen LogP contribution < -0.4 is 10.6 Å². The van der Waals surface area contributed by atoms with Gasteiger partial charge in [-0.3, -0.25) is 0 Å². The van der Waals surface area contributed by atoms with E-state index in [2.05, 4.69) is 20.6 Å². The Bertz CT molecular complexity index is 832. The Balaban J connectivity index is 1.74. The van der Waals surface area contributed by atoms with Crippen LogP contribution in [-0.4, -0.2) is 9.97 Å². The van der Waals surface area contributed by atoms with Gasteiger partial charge in [0, 0.05) is 12.6 Å². The Hall–Kier alpha value is -3.02. The lowest BCUT2D eigenvalue weighted by Gasteiger charge is -2.11. The number of rotatable bonds is 5. The lowest BCUT2D eigenvalue weighted by Crippen LogP contribution is -2.05. The van der Waals surface area contributed by atoms with Crippen molar-refractivity contribution in [3.8, 4) is 0 Å². The first-order valence-corrected chi connectivity index (χ1v) is 7.45. The van der Waals surface area contributed by atoms with E-state index >= 15 is 0 Å². The molecule has 2 aromatic carbocycles. The van der Waals surface area contributed by atoms with E-state index in [0.29, 0.717) is 18.2 Å². The largest absolute Gasteiger partial charge is 0.366 e. The molecular weight excluding hydrogens is 310 g/mol. The SMILES string of the molecule is Cc1ccccc1CNc1cc(Nc2c(F)cccc2F)ncn1. The minimum absolute atomic E-state index is 0.235. The average Bonchev–Trinajstić information content (AvgIpc) is 2.58. The van der Waals surface area contributed by atoms with Crippen LogP contribution in [0.4, 0.5) is 26.1 Å². The summed E-state index contributed by atoms with van der Waals surface area (Å²) in [6.07, 6.45) is 1.33. The van der Waals surface area contributed by atoms with Gasteiger partial charge in [-0.15, -0.1) is 0 Å². The third kappa shape index (κ3) is 3.65. The van der Waals surface area contributed by atoms with Crippen molar-refractivity contribution in [3.05, 3.63) is 77.6 Å². The van der Waals surface area contributed by atoms with Gasteiger partial charge in [0.05, 0.1) is 0 Å². The third-order valence-electron chi connectivity index (χ3n) is 3.60. The van der Waals surface area contributed by atoms with Crippen molar-refractivity contribution in [3.63, 3.8) is 0 Å². The molecule has 0 atom stereocenters. The number of nitrogens with zero attached hydrogens (tertiary/aromatic N) is 2. The van der Waals surface area contributed by atoms with E-state index < -0.39 is 11.6 Å². The third-order valence-corrected chi connectivity index (χ3v) is 3.60. The van der Waals surface area contributed by atoms with Gasteiger partial charge in [-0.05, 0) is 30.2 Å². The predicted octanol–water partition coefficient (Wildman–Crippen LogP) is 4.42. The molecule has 4 nitrogen and oxygen atoms in total. The van der Waals surface area contributed by atoms with Crippen molar-refractivity contribution in [1.82, 2.24) is 9.97 Å². The summed E-state index contributed by atoms with van der Waals surface area (Å²) in [6.45, 7) is 2.63. The summed E-state index contributed by atoms with van der Waals surface area (Å²) in [5.41, 5.74) is 2.08. The zero-order valence-corrected chi connectivity index (χ0v) is 13.1. The summed E-state index contributed by atoms with van der Waals surface area (Å²) in [5.74, 6) is -0.486. The van der Waals surface area contributed by atoms with E-state index in [1.54, 1.807) is 6.07 Å². The van der Waals surface area contributed by atoms with Crippen LogP contribution in [0, 0.1) is 18.6 Å². The maximum absolute atomic E-state index is 13.7. The van der Waals surface area contributed by atoms with Gasteiger partial charge in [-0.25, -0.2) is 18.7 Å². The molecule has 3 rings (SSSR count). The zero-order chi connectivity index (χ0) is 16.9. The van der Waals surface area contributed by atoms with Crippen molar-refractivity contribution in [2.45, 2.75) is 13.5 Å². The zero-order valence-electron chi connectivity index (χ0n) is 13.1. The molecule has 122 valence electrons. The molecule has 0 radical (unpaired) electrons. The van der Waals surface area contributed by atoms with E-state index in [9.17, 15) is 8.78 Å². The summed E-state index contributed by atoms with van der Waals surface area (Å²) in [4.78, 5) is 8.11. The van der Waals surface area contributed by atoms with Crippen molar-refractivity contribution in [1.29, 1.82) is 0 Å². The number of anilines is 3. The topological polar surface area (TPSA) is 49.8 Å². The summed E-state index contributed by atoms with van der Waals surface area (Å²) < 4.78 is 27.4. The number of aromatic nitrogens is 2. The van der Waals surface area contributed by atoms with Crippen molar-refractivity contribution in [2.24, 2.45) is 0 Å². The second kappa shape index (κ2) is 7.04. The Morgan fingerprint density at radius 2 is 1.62 bits per heavy atom. The number of hydrogen-bond donors (Lipinski definition) is 2. The quantitative estimate of drug-likeness (QED) is 0.729. The lowest BCUT2D eigenvalue weighted by atomic mass is 10.1. The molecule has 0 aliphatic heterocycles. The molecule has 0 bridgehead atoms. The fourth-order valence-corrected chi connectivity index (χ4v) is 2.26. The van der Waals surface area contributed by atoms with Crippen molar-refractivity contribution in [2.75, 3.05) is 10.6 Å². The molecule has 3 aromatic rings. The first kappa shape index (κ1) is 15.9. The summed E-state index contributed by atoms with van der Waals surface area (Å²) in [6, 6.07) is 13.3. The molecule has 1 aromatic heterocycles. The molecule has 0 aliphatic carbocycles. The molecule has 1 heterocycles. The van der Waals surface area contributed by atoms with Crippen LogP contribution in [0.3, 0.4) is 0 Å². The van der Waals surface area contributed by atoms with Crippen LogP contribution in [0.5, 0.6) is 0 Å². The molecular formula is C18H16F2N4. The average molecular weight is 326 g/mol. The first-order valence-electron chi connectivity index (χ1n) is 7.45. The van der Waals surface area contributed by atoms with Crippen LogP contribution in [0.15, 0.2) is 54.9 Å². The predicted molar refractivity (Wildman–Crippen MR) is 90.2 cm³/mol. The van der Waals surface area contributed by atoms with Gasteiger partial charge in [0.25, 0.3) is 0 Å². The molecule has 24 heavy (non-hydrogen) atoms. The van der Waals surface area contributed by atoms with Gasteiger partial charge in [0.1, 0.15) is 35.3 Å². The maximum atomic E-state index is 13.7. The fourth-order valence-electron chi connectivity index (χ4n) is 2.26. The van der Waals surface area contributed by atoms with Crippen LogP contribution in [-0.2, 0) is 6.54 Å². The molecule has 0 aliphatic rings. The Morgan fingerprint density at radius 1 is 0.917 bits per heavy atom. The fraction of sp³-hybridized carbons (Fsp3) is 0.111. The lowest BCUT2D eigenvalue weighted by molar-refractivity contribution is 0.590. The van der Waals surface area contributed by atoms with Crippen molar-refractivity contribution >= 4 is 17.3 Å². The number of benzene rings is 2. The second-order valence-corrected chi connectivity index (χ2v) is 5.29. The van der Waals surface area contributed by atoms with Crippen LogP contribution in [0.2, 0.25) is 0 Å². The molecule has 2 N–H and O–H groups in total. The van der Waals surface area contributed by atoms with Gasteiger partial charge in [0.2, 0.25) is 0 Å². The van der Waals surface area contributed by atoms with Crippen LogP contribution in [0.25, 0.3) is 0 Å². The normalized spacial score (nSPS) is 10.5. The van der Waals surface area contributed by atoms with Gasteiger partial charge in [-0.1, -0.05) is 30.3 Å². The summed E-state index contributed by atoms with van der Waals surface area (Å²) >= 11 is 0. The Kier molecular flexibility index (Phi) is 4.65. The second-order valence-electron chi connectivity index (χ2n) is 5.29. The van der Waals surface area contributed by atoms with Gasteiger partial charge >= 0.3 is 0 Å². The van der Waals surface area contributed by atoms with Gasteiger partial charge < -0.3 is 10.6 Å². The van der Waals surface area contributed by atoms with E-state index in [-0.39, 0.29) is 5.69 Å². The summed E-state index contributed by atoms with van der Waals surface area (Å²) in [5, 5.41) is 5.83. The highest BCUT2D eigenvalue weighted by Crippen LogP contribution is 2.22. The molecule has 0 saturated carbocycles. The number of para-hydroxylation sites is 1. The van der Waals surface area contributed by atoms with Crippen molar-refractivity contribution < 1.29 is 8.78 Å². The highest BCUT2D eigenvalue weighted by molar-refractivity contribution is 5.60. The van der Waals surface area contributed by atoms with E-state index in [1.807, 2.05) is 31.2 Å². The standard InChI is InChI=1S/C18H16F2N4/c1-12-5-2-3-6-13(12)10-21-16-9-17(23-11-22-16)24-18-14(19)7-4-8-15(18)20/h2-9,11H,10H2,1H3,(H2,21,22,23,24). The molecule has 0 unspecified atom stereocenters. The van der Waals surface area contributed by atoms with E-state index in [0.717, 1.165) is 5.56 Å². The monoisotopic (exact) mass is 326 g/mol. The number of aryl methyl sites for hydroxylation is 1. The van der Waals surface area contributed by atoms with Gasteiger partial charge in [-0.2, -0.15) is 0 Å². The maximum Gasteiger partial charge on any atom is 0.149 e. The smallest absolute Gasteiger partial charge is 0.149 e. The Morgan fingerprint density at radius 3 is 2.38 bits per heavy atom. The number of nitrogens with one attached hydrogen (secondary N) is 2. The number of hydrogen-bond acceptors (Lipinski definition) is 4. The first-order chi connectivity index (χ1) is 11.6. The van der Waals surface area contributed by atoms with E-state index in [1.165, 1.54) is 30.1 Å². The molecule has 0 amide bonds. The minimum Gasteiger partial charge on any atom is -0.366 e. The van der Waals surface area contributed by atoms with Crippen LogP contribution in [0.1, 0.15) is 11.1 Å².